The molecular formula is C18H23N7. The summed E-state index contributed by atoms with van der Waals surface area (Å²) in [5.41, 5.74) is 2.09. The average molecular weight is 337 g/mol. The fraction of sp³-hybridized carbons (Fsp3) is 0.444. The van der Waals surface area contributed by atoms with Crippen LogP contribution >= 0.6 is 0 Å². The molecule has 0 spiro atoms. The first-order chi connectivity index (χ1) is 12.2. The molecule has 1 saturated heterocycles. The smallest absolute Gasteiger partial charge is 0.178 e. The molecule has 25 heavy (non-hydrogen) atoms. The molecule has 4 rings (SSSR count). The third-order valence-corrected chi connectivity index (χ3v) is 4.81. The van der Waals surface area contributed by atoms with Crippen LogP contribution in [0.4, 0.5) is 5.82 Å². The number of hydrogen-bond acceptors (Lipinski definition) is 6. The van der Waals surface area contributed by atoms with E-state index in [0.717, 1.165) is 49.8 Å². The molecule has 7 nitrogen and oxygen atoms in total. The number of aromatic nitrogens is 5. The summed E-state index contributed by atoms with van der Waals surface area (Å²) in [6.45, 7) is 3.08. The van der Waals surface area contributed by atoms with E-state index < -0.39 is 0 Å². The number of pyridine rings is 1. The Morgan fingerprint density at radius 2 is 1.96 bits per heavy atom. The largest absolute Gasteiger partial charge is 0.361 e. The lowest BCUT2D eigenvalue weighted by molar-refractivity contribution is 0.200. The van der Waals surface area contributed by atoms with Gasteiger partial charge in [0, 0.05) is 39.0 Å². The number of rotatable bonds is 4. The highest BCUT2D eigenvalue weighted by Crippen LogP contribution is 2.27. The normalized spacial score (nSPS) is 16.4. The Morgan fingerprint density at radius 3 is 2.68 bits per heavy atom. The highest BCUT2D eigenvalue weighted by molar-refractivity contribution is 5.45. The van der Waals surface area contributed by atoms with Crippen molar-refractivity contribution < 1.29 is 0 Å². The molecule has 0 aromatic carbocycles. The van der Waals surface area contributed by atoms with E-state index in [1.54, 1.807) is 0 Å². The van der Waals surface area contributed by atoms with E-state index in [2.05, 4.69) is 26.1 Å². The van der Waals surface area contributed by atoms with Crippen LogP contribution in [-0.4, -0.2) is 56.9 Å². The van der Waals surface area contributed by atoms with E-state index >= 15 is 0 Å². The van der Waals surface area contributed by atoms with Gasteiger partial charge in [0.2, 0.25) is 0 Å². The van der Waals surface area contributed by atoms with E-state index in [9.17, 15) is 0 Å². The van der Waals surface area contributed by atoms with Crippen LogP contribution < -0.4 is 4.90 Å². The van der Waals surface area contributed by atoms with Gasteiger partial charge in [-0.3, -0.25) is 9.88 Å². The Kier molecular flexibility index (Phi) is 4.31. The zero-order valence-corrected chi connectivity index (χ0v) is 14.7. The van der Waals surface area contributed by atoms with Crippen LogP contribution in [0.3, 0.4) is 0 Å². The van der Waals surface area contributed by atoms with Gasteiger partial charge in [-0.05, 0) is 49.7 Å². The first-order valence-electron chi connectivity index (χ1n) is 8.71. The molecule has 0 saturated carbocycles. The second kappa shape index (κ2) is 6.76. The molecule has 130 valence electrons. The molecule has 0 bridgehead atoms. The van der Waals surface area contributed by atoms with Crippen molar-refractivity contribution in [1.82, 2.24) is 29.7 Å². The van der Waals surface area contributed by atoms with Crippen molar-refractivity contribution in [3.8, 4) is 0 Å². The zero-order valence-electron chi connectivity index (χ0n) is 14.7. The maximum absolute atomic E-state index is 4.69. The van der Waals surface area contributed by atoms with Gasteiger partial charge in [-0.2, -0.15) is 4.52 Å². The molecule has 1 fully saturated rings. The number of fused-ring (bicyclic) bond motifs is 1. The Morgan fingerprint density at radius 1 is 1.12 bits per heavy atom. The Hall–Kier alpha value is -2.54. The summed E-state index contributed by atoms with van der Waals surface area (Å²) in [5.74, 6) is 2.31. The minimum absolute atomic E-state index is 0.407. The molecule has 3 aromatic rings. The highest BCUT2D eigenvalue weighted by atomic mass is 15.4. The maximum atomic E-state index is 4.69. The molecule has 3 aromatic heterocycles. The lowest BCUT2D eigenvalue weighted by Crippen LogP contribution is -2.33. The van der Waals surface area contributed by atoms with E-state index in [1.165, 1.54) is 5.56 Å². The standard InChI is InChI=1S/C18H23N7/c1-23(2)17-6-5-16-20-21-18(25(16)22-17)15-7-10-24(11-8-15)13-14-4-3-9-19-12-14/h3-6,9,12,15H,7-8,10-11,13H2,1-2H3. The summed E-state index contributed by atoms with van der Waals surface area (Å²) in [7, 11) is 3.99. The van der Waals surface area contributed by atoms with Gasteiger partial charge in [0.25, 0.3) is 0 Å². The molecule has 0 unspecified atom stereocenters. The summed E-state index contributed by atoms with van der Waals surface area (Å²) in [6.07, 6.45) is 5.93. The van der Waals surface area contributed by atoms with Gasteiger partial charge in [-0.1, -0.05) is 6.07 Å². The van der Waals surface area contributed by atoms with Gasteiger partial charge in [-0.15, -0.1) is 15.3 Å². The molecule has 0 amide bonds. The summed E-state index contributed by atoms with van der Waals surface area (Å²) >= 11 is 0. The average Bonchev–Trinajstić information content (AvgIpc) is 3.06. The van der Waals surface area contributed by atoms with Crippen LogP contribution in [0.2, 0.25) is 0 Å². The fourth-order valence-corrected chi connectivity index (χ4v) is 3.39. The van der Waals surface area contributed by atoms with Crippen molar-refractivity contribution in [3.05, 3.63) is 48.0 Å². The van der Waals surface area contributed by atoms with Crippen LogP contribution in [0.1, 0.15) is 30.1 Å². The lowest BCUT2D eigenvalue weighted by atomic mass is 9.96. The van der Waals surface area contributed by atoms with Crippen molar-refractivity contribution in [2.75, 3.05) is 32.1 Å². The van der Waals surface area contributed by atoms with Gasteiger partial charge in [-0.25, -0.2) is 0 Å². The molecule has 1 aliphatic heterocycles. The van der Waals surface area contributed by atoms with Crippen molar-refractivity contribution in [1.29, 1.82) is 0 Å². The van der Waals surface area contributed by atoms with Crippen molar-refractivity contribution in [2.24, 2.45) is 0 Å². The van der Waals surface area contributed by atoms with Gasteiger partial charge in [0.15, 0.2) is 11.5 Å². The monoisotopic (exact) mass is 337 g/mol. The van der Waals surface area contributed by atoms with Crippen LogP contribution in [0.5, 0.6) is 0 Å². The predicted molar refractivity (Wildman–Crippen MR) is 96.6 cm³/mol. The van der Waals surface area contributed by atoms with Crippen LogP contribution in [0, 0.1) is 0 Å². The van der Waals surface area contributed by atoms with Gasteiger partial charge in [0.05, 0.1) is 0 Å². The third-order valence-electron chi connectivity index (χ3n) is 4.81. The second-order valence-corrected chi connectivity index (χ2v) is 6.83. The molecule has 7 heteroatoms. The fourth-order valence-electron chi connectivity index (χ4n) is 3.39. The molecule has 0 N–H and O–H groups in total. The number of hydrogen-bond donors (Lipinski definition) is 0. The number of anilines is 1. The minimum Gasteiger partial charge on any atom is -0.361 e. The quantitative estimate of drug-likeness (QED) is 0.725. The second-order valence-electron chi connectivity index (χ2n) is 6.83. The van der Waals surface area contributed by atoms with Crippen molar-refractivity contribution >= 4 is 11.5 Å². The summed E-state index contributed by atoms with van der Waals surface area (Å²) in [5, 5.41) is 13.4. The predicted octanol–water partition coefficient (Wildman–Crippen LogP) is 1.96. The van der Waals surface area contributed by atoms with E-state index in [4.69, 9.17) is 5.10 Å². The number of likely N-dealkylation sites (tertiary alicyclic amines) is 1. The van der Waals surface area contributed by atoms with E-state index in [1.807, 2.05) is 54.1 Å². The Balaban J connectivity index is 1.47. The minimum atomic E-state index is 0.407. The summed E-state index contributed by atoms with van der Waals surface area (Å²) < 4.78 is 1.91. The molecular weight excluding hydrogens is 314 g/mol. The van der Waals surface area contributed by atoms with Crippen LogP contribution in [0.25, 0.3) is 5.65 Å². The topological polar surface area (TPSA) is 62.5 Å². The lowest BCUT2D eigenvalue weighted by Gasteiger charge is -2.30. The molecule has 4 heterocycles. The molecule has 0 radical (unpaired) electrons. The van der Waals surface area contributed by atoms with Gasteiger partial charge < -0.3 is 4.90 Å². The maximum Gasteiger partial charge on any atom is 0.178 e. The Bertz CT molecular complexity index is 835. The molecule has 0 aliphatic carbocycles. The van der Waals surface area contributed by atoms with Crippen LogP contribution in [-0.2, 0) is 6.54 Å². The van der Waals surface area contributed by atoms with E-state index in [0.29, 0.717) is 5.92 Å². The van der Waals surface area contributed by atoms with Crippen molar-refractivity contribution in [3.63, 3.8) is 0 Å². The number of piperidine rings is 1. The SMILES string of the molecule is CN(C)c1ccc2nnc(C3CCN(Cc4cccnc4)CC3)n2n1. The summed E-state index contributed by atoms with van der Waals surface area (Å²) in [6, 6.07) is 8.09. The first-order valence-corrected chi connectivity index (χ1v) is 8.71. The van der Waals surface area contributed by atoms with Crippen molar-refractivity contribution in [2.45, 2.75) is 25.3 Å². The zero-order chi connectivity index (χ0) is 17.2. The molecule has 0 atom stereocenters. The van der Waals surface area contributed by atoms with Gasteiger partial charge in [0.1, 0.15) is 5.82 Å². The van der Waals surface area contributed by atoms with E-state index in [-0.39, 0.29) is 0 Å². The Labute approximate surface area is 147 Å². The number of nitrogens with zero attached hydrogens (tertiary/aromatic N) is 7. The first kappa shape index (κ1) is 16.0. The third kappa shape index (κ3) is 3.32. The molecule has 1 aliphatic rings. The summed E-state index contributed by atoms with van der Waals surface area (Å²) in [4.78, 5) is 8.68. The van der Waals surface area contributed by atoms with Gasteiger partial charge >= 0.3 is 0 Å². The highest BCUT2D eigenvalue weighted by Gasteiger charge is 2.25. The van der Waals surface area contributed by atoms with Crippen LogP contribution in [0.15, 0.2) is 36.7 Å².